The molecule has 0 amide bonds. The first-order valence-corrected chi connectivity index (χ1v) is 11.6. The minimum atomic E-state index is -0.219. The van der Waals surface area contributed by atoms with Gasteiger partial charge in [0.05, 0.1) is 0 Å². The molecule has 0 aliphatic heterocycles. The monoisotopic (exact) mass is 388 g/mol. The lowest BCUT2D eigenvalue weighted by atomic mass is 9.68. The van der Waals surface area contributed by atoms with Crippen LogP contribution in [0.5, 0.6) is 0 Å². The molecule has 152 valence electrons. The molecule has 1 heteroatoms. The second-order valence-electron chi connectivity index (χ2n) is 9.18. The highest BCUT2D eigenvalue weighted by Crippen LogP contribution is 2.44. The van der Waals surface area contributed by atoms with E-state index in [0.717, 1.165) is 34.8 Å². The molecule has 0 N–H and O–H groups in total. The molecule has 0 saturated heterocycles. The van der Waals surface area contributed by atoms with Gasteiger partial charge >= 0.3 is 0 Å². The van der Waals surface area contributed by atoms with Crippen molar-refractivity contribution in [1.82, 2.24) is 0 Å². The van der Waals surface area contributed by atoms with Crippen LogP contribution in [0.25, 0.3) is 0 Å². The van der Waals surface area contributed by atoms with E-state index < -0.39 is 0 Å². The summed E-state index contributed by atoms with van der Waals surface area (Å²) in [5, 5.41) is 0. The normalized spacial score (nSPS) is 27.1. The fourth-order valence-corrected chi connectivity index (χ4v) is 5.51. The summed E-state index contributed by atoms with van der Waals surface area (Å²) in [5.74, 6) is 9.80. The second-order valence-corrected chi connectivity index (χ2v) is 9.18. The summed E-state index contributed by atoms with van der Waals surface area (Å²) in [7, 11) is 0. The first-order chi connectivity index (χ1) is 14.2. The van der Waals surface area contributed by atoms with Crippen LogP contribution in [0.1, 0.15) is 87.3 Å². The van der Waals surface area contributed by atoms with Crippen molar-refractivity contribution in [3.8, 4) is 11.8 Å². The van der Waals surface area contributed by atoms with Crippen molar-refractivity contribution in [2.45, 2.75) is 70.6 Å². The Morgan fingerprint density at radius 2 is 1.17 bits per heavy atom. The van der Waals surface area contributed by atoms with Crippen LogP contribution in [0.4, 0.5) is 4.39 Å². The summed E-state index contributed by atoms with van der Waals surface area (Å²) in [6.07, 6.45) is 12.8. The van der Waals surface area contributed by atoms with Crippen molar-refractivity contribution in [3.63, 3.8) is 0 Å². The van der Waals surface area contributed by atoms with Crippen LogP contribution < -0.4 is 0 Å². The standard InChI is InChI=1S/C28H33F/c1-2-21-5-11-24(12-6-21)26-15-17-27(18-16-26)25-13-7-22(8-14-25)3-4-23-9-19-28(29)20-10-23/h7-10,13-14,19-21,24,26-27H,2,5-6,11-12,15-18H2,1H3. The van der Waals surface area contributed by atoms with Gasteiger partial charge in [0.25, 0.3) is 0 Å². The highest BCUT2D eigenvalue weighted by atomic mass is 19.1. The van der Waals surface area contributed by atoms with Gasteiger partial charge in [0.15, 0.2) is 0 Å². The summed E-state index contributed by atoms with van der Waals surface area (Å²) < 4.78 is 13.0. The molecule has 0 atom stereocenters. The number of benzene rings is 2. The third-order valence-electron chi connectivity index (χ3n) is 7.48. The zero-order chi connectivity index (χ0) is 20.1. The highest BCUT2D eigenvalue weighted by Gasteiger charge is 2.30. The molecule has 2 aromatic carbocycles. The molecule has 2 saturated carbocycles. The van der Waals surface area contributed by atoms with Gasteiger partial charge in [0.1, 0.15) is 5.82 Å². The lowest BCUT2D eigenvalue weighted by Crippen LogP contribution is -2.25. The Balaban J connectivity index is 1.30. The van der Waals surface area contributed by atoms with Crippen LogP contribution in [0, 0.1) is 35.4 Å². The van der Waals surface area contributed by atoms with E-state index in [1.165, 1.54) is 75.5 Å². The lowest BCUT2D eigenvalue weighted by molar-refractivity contribution is 0.158. The number of halogens is 1. The molecule has 29 heavy (non-hydrogen) atoms. The topological polar surface area (TPSA) is 0 Å². The summed E-state index contributed by atoms with van der Waals surface area (Å²) in [6.45, 7) is 2.36. The van der Waals surface area contributed by atoms with Crippen LogP contribution in [0.3, 0.4) is 0 Å². The molecule has 4 rings (SSSR count). The smallest absolute Gasteiger partial charge is 0.123 e. The second kappa shape index (κ2) is 9.62. The van der Waals surface area contributed by atoms with Gasteiger partial charge in [-0.2, -0.15) is 0 Å². The van der Waals surface area contributed by atoms with Gasteiger partial charge < -0.3 is 0 Å². The third kappa shape index (κ3) is 5.30. The van der Waals surface area contributed by atoms with Crippen molar-refractivity contribution < 1.29 is 4.39 Å². The van der Waals surface area contributed by atoms with E-state index in [4.69, 9.17) is 0 Å². The molecule has 2 fully saturated rings. The Morgan fingerprint density at radius 3 is 1.69 bits per heavy atom. The van der Waals surface area contributed by atoms with Crippen molar-refractivity contribution in [2.75, 3.05) is 0 Å². The predicted molar refractivity (Wildman–Crippen MR) is 119 cm³/mol. The fourth-order valence-electron chi connectivity index (χ4n) is 5.51. The van der Waals surface area contributed by atoms with Gasteiger partial charge in [-0.15, -0.1) is 0 Å². The van der Waals surface area contributed by atoms with E-state index >= 15 is 0 Å². The lowest BCUT2D eigenvalue weighted by Gasteiger charge is -2.38. The predicted octanol–water partition coefficient (Wildman–Crippen LogP) is 7.72. The van der Waals surface area contributed by atoms with Crippen LogP contribution in [-0.2, 0) is 0 Å². The molecule has 0 nitrogen and oxygen atoms in total. The van der Waals surface area contributed by atoms with Crippen LogP contribution in [0.15, 0.2) is 48.5 Å². The van der Waals surface area contributed by atoms with Crippen LogP contribution in [-0.4, -0.2) is 0 Å². The summed E-state index contributed by atoms with van der Waals surface area (Å²) in [4.78, 5) is 0. The van der Waals surface area contributed by atoms with Gasteiger partial charge in [0, 0.05) is 11.1 Å². The van der Waals surface area contributed by atoms with E-state index in [1.54, 1.807) is 12.1 Å². The fraction of sp³-hybridized carbons (Fsp3) is 0.500. The van der Waals surface area contributed by atoms with Crippen molar-refractivity contribution in [2.24, 2.45) is 17.8 Å². The van der Waals surface area contributed by atoms with E-state index in [0.29, 0.717) is 0 Å². The number of rotatable bonds is 3. The molecule has 0 spiro atoms. The maximum Gasteiger partial charge on any atom is 0.123 e. The molecule has 0 heterocycles. The maximum atomic E-state index is 13.0. The average Bonchev–Trinajstić information content (AvgIpc) is 2.79. The Kier molecular flexibility index (Phi) is 6.70. The Bertz CT molecular complexity index is 821. The summed E-state index contributed by atoms with van der Waals surface area (Å²) >= 11 is 0. The van der Waals surface area contributed by atoms with Gasteiger partial charge in [-0.05, 0) is 104 Å². The van der Waals surface area contributed by atoms with Gasteiger partial charge in [0.2, 0.25) is 0 Å². The zero-order valence-electron chi connectivity index (χ0n) is 17.7. The Labute approximate surface area is 175 Å². The molecular weight excluding hydrogens is 355 g/mol. The van der Waals surface area contributed by atoms with Crippen molar-refractivity contribution >= 4 is 0 Å². The average molecular weight is 389 g/mol. The molecule has 2 aliphatic rings. The minimum Gasteiger partial charge on any atom is -0.207 e. The summed E-state index contributed by atoms with van der Waals surface area (Å²) in [5.41, 5.74) is 3.35. The maximum absolute atomic E-state index is 13.0. The zero-order valence-corrected chi connectivity index (χ0v) is 17.7. The van der Waals surface area contributed by atoms with E-state index in [2.05, 4.69) is 43.0 Å². The Morgan fingerprint density at radius 1 is 0.690 bits per heavy atom. The SMILES string of the molecule is CCC1CCC(C2CCC(c3ccc(C#Cc4ccc(F)cc4)cc3)CC2)CC1. The molecule has 0 aromatic heterocycles. The third-order valence-corrected chi connectivity index (χ3v) is 7.48. The van der Waals surface area contributed by atoms with E-state index in [9.17, 15) is 4.39 Å². The first-order valence-electron chi connectivity index (χ1n) is 11.6. The quantitative estimate of drug-likeness (QED) is 0.472. The summed E-state index contributed by atoms with van der Waals surface area (Å²) in [6, 6.07) is 15.2. The molecule has 0 radical (unpaired) electrons. The molecule has 2 aromatic rings. The van der Waals surface area contributed by atoms with E-state index in [1.807, 2.05) is 0 Å². The molecular formula is C28H33F. The Hall–Kier alpha value is -2.07. The van der Waals surface area contributed by atoms with Gasteiger partial charge in [-0.3, -0.25) is 0 Å². The largest absolute Gasteiger partial charge is 0.207 e. The van der Waals surface area contributed by atoms with Crippen LogP contribution >= 0.6 is 0 Å². The van der Waals surface area contributed by atoms with Gasteiger partial charge in [-0.25, -0.2) is 4.39 Å². The number of hydrogen-bond acceptors (Lipinski definition) is 0. The highest BCUT2D eigenvalue weighted by molar-refractivity contribution is 5.43. The number of hydrogen-bond donors (Lipinski definition) is 0. The molecule has 2 aliphatic carbocycles. The minimum absolute atomic E-state index is 0.219. The van der Waals surface area contributed by atoms with Crippen molar-refractivity contribution in [3.05, 3.63) is 71.0 Å². The first kappa shape index (κ1) is 20.2. The van der Waals surface area contributed by atoms with Crippen molar-refractivity contribution in [1.29, 1.82) is 0 Å². The molecule has 0 unspecified atom stereocenters. The van der Waals surface area contributed by atoms with Crippen LogP contribution in [0.2, 0.25) is 0 Å². The van der Waals surface area contributed by atoms with E-state index in [-0.39, 0.29) is 5.82 Å². The molecule has 0 bridgehead atoms. The van der Waals surface area contributed by atoms with Gasteiger partial charge in [-0.1, -0.05) is 50.2 Å².